The van der Waals surface area contributed by atoms with E-state index in [0.717, 1.165) is 0 Å². The van der Waals surface area contributed by atoms with Crippen molar-refractivity contribution in [2.45, 2.75) is 62.6 Å². The van der Waals surface area contributed by atoms with Gasteiger partial charge in [0, 0.05) is 0 Å². The fraction of sp³-hybridized carbons (Fsp3) is 0.812. The summed E-state index contributed by atoms with van der Waals surface area (Å²) in [6, 6.07) is -2.66. The molecule has 0 aromatic carbocycles. The SMILES string of the molecule is C[C@H](N)C(=O)O[C@@H]([C@H](OCC(O)CO)[C@H](C=O)OC(=O)[C@@H](N)[C@@H](C)O)[C@H](O)CO. The normalized spacial score (nSPS) is 19.8. The van der Waals surface area contributed by atoms with Gasteiger partial charge in [0.1, 0.15) is 30.4 Å². The van der Waals surface area contributed by atoms with E-state index in [1.54, 1.807) is 0 Å². The molecule has 0 radical (unpaired) electrons. The molecule has 170 valence electrons. The standard InChI is InChI=1S/C16H30N2O11/c1-7(17)15(25)29-13(10(24)4-20)14(27-6-9(23)3-19)11(5-21)28-16(26)12(18)8(2)22/h5,7-14,19-20,22-24H,3-4,6,17-18H2,1-2H3/t7-,8+,9?,10+,11-,12-,13+,14+/m0/s1. The zero-order valence-corrected chi connectivity index (χ0v) is 16.2. The van der Waals surface area contributed by atoms with Crippen LogP contribution in [0.4, 0.5) is 0 Å². The Hall–Kier alpha value is -1.71. The van der Waals surface area contributed by atoms with Crippen molar-refractivity contribution in [3.63, 3.8) is 0 Å². The van der Waals surface area contributed by atoms with Crippen LogP contribution in [-0.4, -0.2) is 112 Å². The highest BCUT2D eigenvalue weighted by Gasteiger charge is 2.41. The van der Waals surface area contributed by atoms with Crippen molar-refractivity contribution >= 4 is 18.2 Å². The van der Waals surface area contributed by atoms with Gasteiger partial charge in [0.15, 0.2) is 18.5 Å². The molecule has 0 bridgehead atoms. The van der Waals surface area contributed by atoms with Gasteiger partial charge in [-0.1, -0.05) is 0 Å². The fourth-order valence-electron chi connectivity index (χ4n) is 1.94. The zero-order chi connectivity index (χ0) is 22.7. The van der Waals surface area contributed by atoms with Crippen LogP contribution in [0.25, 0.3) is 0 Å². The number of aldehydes is 1. The maximum Gasteiger partial charge on any atom is 0.326 e. The van der Waals surface area contributed by atoms with Gasteiger partial charge in [0.05, 0.1) is 25.9 Å². The molecule has 13 heteroatoms. The molecule has 0 aromatic rings. The second-order valence-electron chi connectivity index (χ2n) is 6.38. The van der Waals surface area contributed by atoms with Crippen molar-refractivity contribution in [3.8, 4) is 0 Å². The third-order valence-electron chi connectivity index (χ3n) is 3.71. The Morgan fingerprint density at radius 1 is 0.966 bits per heavy atom. The number of carbonyl (C=O) groups is 3. The van der Waals surface area contributed by atoms with Crippen LogP contribution in [0.5, 0.6) is 0 Å². The van der Waals surface area contributed by atoms with Crippen molar-refractivity contribution in [2.75, 3.05) is 19.8 Å². The number of esters is 2. The highest BCUT2D eigenvalue weighted by Crippen LogP contribution is 2.17. The van der Waals surface area contributed by atoms with Crippen LogP contribution in [0.1, 0.15) is 13.8 Å². The number of aliphatic hydroxyl groups excluding tert-OH is 5. The second-order valence-corrected chi connectivity index (χ2v) is 6.38. The smallest absolute Gasteiger partial charge is 0.326 e. The number of carbonyl (C=O) groups excluding carboxylic acids is 3. The number of nitrogens with two attached hydrogens (primary N) is 2. The molecule has 29 heavy (non-hydrogen) atoms. The van der Waals surface area contributed by atoms with Crippen LogP contribution in [0.3, 0.4) is 0 Å². The number of hydrogen-bond donors (Lipinski definition) is 7. The van der Waals surface area contributed by atoms with E-state index in [9.17, 15) is 34.8 Å². The van der Waals surface area contributed by atoms with Gasteiger partial charge in [-0.15, -0.1) is 0 Å². The summed E-state index contributed by atoms with van der Waals surface area (Å²) in [5, 5.41) is 47.1. The molecular formula is C16H30N2O11. The van der Waals surface area contributed by atoms with Gasteiger partial charge < -0.3 is 51.2 Å². The summed E-state index contributed by atoms with van der Waals surface area (Å²) in [6.45, 7) is 0.199. The van der Waals surface area contributed by atoms with Crippen molar-refractivity contribution in [2.24, 2.45) is 11.5 Å². The van der Waals surface area contributed by atoms with E-state index in [1.807, 2.05) is 0 Å². The van der Waals surface area contributed by atoms with Gasteiger partial charge in [-0.05, 0) is 13.8 Å². The summed E-state index contributed by atoms with van der Waals surface area (Å²) in [5.74, 6) is -2.24. The molecule has 0 aliphatic heterocycles. The first kappa shape index (κ1) is 27.3. The van der Waals surface area contributed by atoms with Gasteiger partial charge in [0.2, 0.25) is 0 Å². The van der Waals surface area contributed by atoms with Gasteiger partial charge in [-0.3, -0.25) is 14.4 Å². The summed E-state index contributed by atoms with van der Waals surface area (Å²) in [4.78, 5) is 35.4. The predicted octanol–water partition coefficient (Wildman–Crippen LogP) is -4.84. The first-order valence-corrected chi connectivity index (χ1v) is 8.75. The third-order valence-corrected chi connectivity index (χ3v) is 3.71. The summed E-state index contributed by atoms with van der Waals surface area (Å²) < 4.78 is 15.1. The highest BCUT2D eigenvalue weighted by atomic mass is 16.6. The van der Waals surface area contributed by atoms with Crippen molar-refractivity contribution in [3.05, 3.63) is 0 Å². The topological polar surface area (TPSA) is 232 Å². The Balaban J connectivity index is 5.79. The molecule has 0 saturated heterocycles. The lowest BCUT2D eigenvalue weighted by atomic mass is 10.0. The minimum absolute atomic E-state index is 0.0828. The second kappa shape index (κ2) is 13.5. The van der Waals surface area contributed by atoms with E-state index in [-0.39, 0.29) is 6.29 Å². The Labute approximate surface area is 167 Å². The van der Waals surface area contributed by atoms with Crippen LogP contribution in [-0.2, 0) is 28.6 Å². The molecule has 0 amide bonds. The Morgan fingerprint density at radius 2 is 1.55 bits per heavy atom. The minimum Gasteiger partial charge on any atom is -0.455 e. The van der Waals surface area contributed by atoms with Crippen LogP contribution in [0.15, 0.2) is 0 Å². The maximum atomic E-state index is 12.0. The summed E-state index contributed by atoms with van der Waals surface area (Å²) in [6.07, 6.45) is -9.75. The van der Waals surface area contributed by atoms with E-state index in [1.165, 1.54) is 13.8 Å². The van der Waals surface area contributed by atoms with E-state index in [0.29, 0.717) is 0 Å². The van der Waals surface area contributed by atoms with Crippen LogP contribution < -0.4 is 11.5 Å². The van der Waals surface area contributed by atoms with E-state index >= 15 is 0 Å². The number of hydrogen-bond acceptors (Lipinski definition) is 13. The number of rotatable bonds is 14. The first-order valence-electron chi connectivity index (χ1n) is 8.75. The maximum absolute atomic E-state index is 12.0. The molecule has 0 aliphatic rings. The van der Waals surface area contributed by atoms with Crippen molar-refractivity contribution in [1.29, 1.82) is 0 Å². The summed E-state index contributed by atoms with van der Waals surface area (Å²) in [5.41, 5.74) is 10.8. The molecule has 13 nitrogen and oxygen atoms in total. The van der Waals surface area contributed by atoms with Crippen LogP contribution >= 0.6 is 0 Å². The number of ether oxygens (including phenoxy) is 3. The third kappa shape index (κ3) is 9.10. The quantitative estimate of drug-likeness (QED) is 0.102. The molecule has 1 unspecified atom stereocenters. The monoisotopic (exact) mass is 426 g/mol. The average Bonchev–Trinajstić information content (AvgIpc) is 2.69. The Bertz CT molecular complexity index is 517. The molecule has 0 spiro atoms. The molecule has 8 atom stereocenters. The molecule has 0 heterocycles. The Kier molecular flexibility index (Phi) is 12.7. The van der Waals surface area contributed by atoms with Crippen molar-refractivity contribution in [1.82, 2.24) is 0 Å². The summed E-state index contributed by atoms with van der Waals surface area (Å²) >= 11 is 0. The lowest BCUT2D eigenvalue weighted by Crippen LogP contribution is -2.54. The fourth-order valence-corrected chi connectivity index (χ4v) is 1.94. The van der Waals surface area contributed by atoms with E-state index in [4.69, 9.17) is 30.8 Å². The van der Waals surface area contributed by atoms with Gasteiger partial charge in [-0.25, -0.2) is 0 Å². The Morgan fingerprint density at radius 3 is 1.97 bits per heavy atom. The summed E-state index contributed by atoms with van der Waals surface area (Å²) in [7, 11) is 0. The average molecular weight is 426 g/mol. The molecule has 0 aliphatic carbocycles. The highest BCUT2D eigenvalue weighted by molar-refractivity contribution is 5.78. The molecular weight excluding hydrogens is 396 g/mol. The molecule has 0 aromatic heterocycles. The van der Waals surface area contributed by atoms with E-state index < -0.39 is 80.5 Å². The van der Waals surface area contributed by atoms with Crippen LogP contribution in [0, 0.1) is 0 Å². The molecule has 0 fully saturated rings. The lowest BCUT2D eigenvalue weighted by Gasteiger charge is -2.33. The predicted molar refractivity (Wildman–Crippen MR) is 95.1 cm³/mol. The minimum atomic E-state index is -1.83. The van der Waals surface area contributed by atoms with Gasteiger partial charge >= 0.3 is 11.9 Å². The van der Waals surface area contributed by atoms with Gasteiger partial charge in [-0.2, -0.15) is 0 Å². The first-order chi connectivity index (χ1) is 13.5. The lowest BCUT2D eigenvalue weighted by molar-refractivity contribution is -0.196. The van der Waals surface area contributed by atoms with E-state index in [2.05, 4.69) is 0 Å². The molecule has 9 N–H and O–H groups in total. The zero-order valence-electron chi connectivity index (χ0n) is 16.2. The molecule has 0 rings (SSSR count). The van der Waals surface area contributed by atoms with Crippen LogP contribution in [0.2, 0.25) is 0 Å². The number of aliphatic hydroxyl groups is 5. The van der Waals surface area contributed by atoms with Gasteiger partial charge in [0.25, 0.3) is 0 Å². The largest absolute Gasteiger partial charge is 0.455 e. The molecule has 0 saturated carbocycles. The van der Waals surface area contributed by atoms with Crippen molar-refractivity contribution < 1.29 is 54.1 Å².